The Morgan fingerprint density at radius 1 is 1.45 bits per heavy atom. The van der Waals surface area contributed by atoms with Crippen LogP contribution in [0.1, 0.15) is 19.8 Å². The molecular weight excluding hydrogens is 280 g/mol. The molecule has 0 aliphatic carbocycles. The average Bonchev–Trinajstić information content (AvgIpc) is 2.43. The molecule has 0 aliphatic heterocycles. The van der Waals surface area contributed by atoms with Crippen LogP contribution in [-0.4, -0.2) is 30.8 Å². The van der Waals surface area contributed by atoms with Gasteiger partial charge in [0.1, 0.15) is 0 Å². The Hall–Kier alpha value is -1.76. The number of thioether (sulfide) groups is 1. The van der Waals surface area contributed by atoms with Gasteiger partial charge in [0.15, 0.2) is 6.20 Å². The van der Waals surface area contributed by atoms with Crippen LogP contribution in [0.2, 0.25) is 0 Å². The maximum absolute atomic E-state index is 11.5. The largest absolute Gasteiger partial charge is 0.618 e. The summed E-state index contributed by atoms with van der Waals surface area (Å²) in [5.41, 5.74) is 0. The second kappa shape index (κ2) is 9.19. The minimum Gasteiger partial charge on any atom is -0.618 e. The van der Waals surface area contributed by atoms with Gasteiger partial charge in [0.2, 0.25) is 5.91 Å². The van der Waals surface area contributed by atoms with Crippen molar-refractivity contribution in [1.29, 1.82) is 0 Å². The van der Waals surface area contributed by atoms with Crippen molar-refractivity contribution in [2.75, 3.05) is 18.9 Å². The standard InChI is InChI=1S/C13H18N2O4S/c1-2-19-13(17)7-5-8-14-11(16)10-20-12-6-3-4-9-15(12)18/h3-4,6,9H,2,5,7-8,10H2,1H3,(H,14,16). The molecule has 1 N–H and O–H groups in total. The van der Waals surface area contributed by atoms with E-state index in [2.05, 4.69) is 5.32 Å². The number of pyridine rings is 1. The van der Waals surface area contributed by atoms with E-state index in [1.807, 2.05) is 0 Å². The molecule has 0 atom stereocenters. The van der Waals surface area contributed by atoms with Crippen molar-refractivity contribution >= 4 is 23.6 Å². The van der Waals surface area contributed by atoms with Crippen LogP contribution in [0.25, 0.3) is 0 Å². The summed E-state index contributed by atoms with van der Waals surface area (Å²) in [4.78, 5) is 22.6. The fraction of sp³-hybridized carbons (Fsp3) is 0.462. The first-order chi connectivity index (χ1) is 9.63. The van der Waals surface area contributed by atoms with Crippen molar-refractivity contribution in [3.63, 3.8) is 0 Å². The normalized spacial score (nSPS) is 10.1. The summed E-state index contributed by atoms with van der Waals surface area (Å²) < 4.78 is 5.50. The Morgan fingerprint density at radius 2 is 2.25 bits per heavy atom. The maximum Gasteiger partial charge on any atom is 0.305 e. The van der Waals surface area contributed by atoms with E-state index in [1.165, 1.54) is 18.0 Å². The van der Waals surface area contributed by atoms with Crippen molar-refractivity contribution in [2.24, 2.45) is 0 Å². The molecule has 6 nitrogen and oxygen atoms in total. The van der Waals surface area contributed by atoms with Crippen LogP contribution < -0.4 is 10.0 Å². The topological polar surface area (TPSA) is 82.3 Å². The van der Waals surface area contributed by atoms with E-state index >= 15 is 0 Å². The van der Waals surface area contributed by atoms with Gasteiger partial charge in [-0.2, -0.15) is 4.73 Å². The molecule has 20 heavy (non-hydrogen) atoms. The van der Waals surface area contributed by atoms with Crippen molar-refractivity contribution < 1.29 is 19.1 Å². The summed E-state index contributed by atoms with van der Waals surface area (Å²) in [6.07, 6.45) is 2.22. The monoisotopic (exact) mass is 298 g/mol. The number of nitrogens with zero attached hydrogens (tertiary/aromatic N) is 1. The molecule has 0 radical (unpaired) electrons. The van der Waals surface area contributed by atoms with Crippen LogP contribution in [0.4, 0.5) is 0 Å². The van der Waals surface area contributed by atoms with Gasteiger partial charge in [-0.05, 0) is 31.2 Å². The van der Waals surface area contributed by atoms with Crippen LogP contribution in [-0.2, 0) is 14.3 Å². The first kappa shape index (κ1) is 16.3. The quantitative estimate of drug-likeness (QED) is 0.253. The van der Waals surface area contributed by atoms with Crippen molar-refractivity contribution in [2.45, 2.75) is 24.8 Å². The molecule has 0 unspecified atom stereocenters. The zero-order valence-electron chi connectivity index (χ0n) is 11.3. The predicted molar refractivity (Wildman–Crippen MR) is 75.0 cm³/mol. The van der Waals surface area contributed by atoms with E-state index < -0.39 is 0 Å². The smallest absolute Gasteiger partial charge is 0.305 e. The third-order valence-electron chi connectivity index (χ3n) is 2.32. The highest BCUT2D eigenvalue weighted by Crippen LogP contribution is 2.11. The van der Waals surface area contributed by atoms with E-state index in [0.717, 1.165) is 4.73 Å². The molecule has 1 rings (SSSR count). The lowest BCUT2D eigenvalue weighted by Crippen LogP contribution is -2.30. The average molecular weight is 298 g/mol. The van der Waals surface area contributed by atoms with Crippen LogP contribution in [0.3, 0.4) is 0 Å². The molecule has 0 saturated carbocycles. The molecule has 1 aromatic heterocycles. The molecule has 0 bridgehead atoms. The molecule has 1 amide bonds. The molecule has 1 aromatic rings. The molecule has 1 heterocycles. The van der Waals surface area contributed by atoms with Crippen LogP contribution >= 0.6 is 11.8 Å². The minimum absolute atomic E-state index is 0.164. The van der Waals surface area contributed by atoms with Gasteiger partial charge in [0, 0.05) is 25.1 Å². The fourth-order valence-corrected chi connectivity index (χ4v) is 2.15. The number of aromatic nitrogens is 1. The molecule has 7 heteroatoms. The molecule has 0 saturated heterocycles. The Balaban J connectivity index is 2.15. The lowest BCUT2D eigenvalue weighted by Gasteiger charge is -2.05. The summed E-state index contributed by atoms with van der Waals surface area (Å²) >= 11 is 1.17. The van der Waals surface area contributed by atoms with Crippen molar-refractivity contribution in [1.82, 2.24) is 5.32 Å². The highest BCUT2D eigenvalue weighted by molar-refractivity contribution is 7.99. The van der Waals surface area contributed by atoms with E-state index in [-0.39, 0.29) is 17.6 Å². The maximum atomic E-state index is 11.5. The number of carbonyl (C=O) groups excluding carboxylic acids is 2. The number of hydrogen-bond acceptors (Lipinski definition) is 5. The number of ether oxygens (including phenoxy) is 1. The van der Waals surface area contributed by atoms with Crippen LogP contribution in [0.5, 0.6) is 0 Å². The van der Waals surface area contributed by atoms with Gasteiger partial charge in [0.05, 0.1) is 12.4 Å². The van der Waals surface area contributed by atoms with Crippen molar-refractivity contribution in [3.05, 3.63) is 29.6 Å². The number of nitrogens with one attached hydrogen (secondary N) is 1. The molecular formula is C13H18N2O4S. The zero-order valence-corrected chi connectivity index (χ0v) is 12.1. The Morgan fingerprint density at radius 3 is 2.95 bits per heavy atom. The van der Waals surface area contributed by atoms with E-state index in [0.29, 0.717) is 31.0 Å². The fourth-order valence-electron chi connectivity index (χ4n) is 1.41. The van der Waals surface area contributed by atoms with Gasteiger partial charge in [-0.25, -0.2) is 0 Å². The SMILES string of the molecule is CCOC(=O)CCCNC(=O)CSc1cccc[n+]1[O-]. The van der Waals surface area contributed by atoms with Gasteiger partial charge in [-0.3, -0.25) is 9.59 Å². The Labute approximate surface area is 122 Å². The summed E-state index contributed by atoms with van der Waals surface area (Å²) in [5, 5.41) is 14.5. The molecule has 0 spiro atoms. The van der Waals surface area contributed by atoms with Crippen molar-refractivity contribution in [3.8, 4) is 0 Å². The van der Waals surface area contributed by atoms with Gasteiger partial charge in [-0.1, -0.05) is 0 Å². The van der Waals surface area contributed by atoms with E-state index in [9.17, 15) is 14.8 Å². The van der Waals surface area contributed by atoms with Gasteiger partial charge in [-0.15, -0.1) is 0 Å². The minimum atomic E-state index is -0.257. The van der Waals surface area contributed by atoms with Crippen LogP contribution in [0.15, 0.2) is 29.4 Å². The molecule has 0 aromatic carbocycles. The third kappa shape index (κ3) is 6.42. The Kier molecular flexibility index (Phi) is 7.49. The first-order valence-electron chi connectivity index (χ1n) is 6.36. The van der Waals surface area contributed by atoms with E-state index in [1.54, 1.807) is 25.1 Å². The molecule has 0 fully saturated rings. The summed E-state index contributed by atoms with van der Waals surface area (Å²) in [7, 11) is 0. The second-order valence-electron chi connectivity index (χ2n) is 3.91. The van der Waals surface area contributed by atoms with E-state index in [4.69, 9.17) is 4.74 Å². The highest BCUT2D eigenvalue weighted by atomic mass is 32.2. The number of carbonyl (C=O) groups is 2. The number of amides is 1. The van der Waals surface area contributed by atoms with Gasteiger partial charge >= 0.3 is 5.97 Å². The number of rotatable bonds is 8. The predicted octanol–water partition coefficient (Wildman–Crippen LogP) is 0.872. The van der Waals surface area contributed by atoms with Gasteiger partial charge < -0.3 is 15.3 Å². The molecule has 110 valence electrons. The number of hydrogen-bond donors (Lipinski definition) is 1. The second-order valence-corrected chi connectivity index (χ2v) is 4.91. The summed E-state index contributed by atoms with van der Waals surface area (Å²) in [5.74, 6) is -0.249. The Bertz CT molecular complexity index is 454. The number of esters is 1. The highest BCUT2D eigenvalue weighted by Gasteiger charge is 2.08. The summed E-state index contributed by atoms with van der Waals surface area (Å²) in [6, 6.07) is 5.03. The first-order valence-corrected chi connectivity index (χ1v) is 7.35. The third-order valence-corrected chi connectivity index (χ3v) is 3.34. The van der Waals surface area contributed by atoms with Gasteiger partial charge in [0.25, 0.3) is 5.03 Å². The lowest BCUT2D eigenvalue weighted by molar-refractivity contribution is -0.645. The van der Waals surface area contributed by atoms with Crippen LogP contribution in [0, 0.1) is 5.21 Å². The molecule has 0 aliphatic rings. The zero-order chi connectivity index (χ0) is 14.8. The summed E-state index contributed by atoms with van der Waals surface area (Å²) in [6.45, 7) is 2.54. The lowest BCUT2D eigenvalue weighted by atomic mass is 10.3.